The van der Waals surface area contributed by atoms with Gasteiger partial charge in [0.2, 0.25) is 18.4 Å². The van der Waals surface area contributed by atoms with Crippen molar-refractivity contribution in [3.8, 4) is 40.1 Å². The maximum atomic E-state index is 13.1. The Labute approximate surface area is 196 Å². The van der Waals surface area contributed by atoms with Gasteiger partial charge in [0.05, 0.1) is 12.8 Å². The molecular weight excluding hydrogens is 460 g/mol. The van der Waals surface area contributed by atoms with Gasteiger partial charge in [-0.1, -0.05) is 5.21 Å². The lowest BCUT2D eigenvalue weighted by molar-refractivity contribution is 0.0950. The Morgan fingerprint density at radius 1 is 1.20 bits per heavy atom. The molecular formula is C21H18N8O6. The number of rotatable bonds is 6. The number of phenolic OH excluding ortho intramolecular Hbond substituents is 1. The van der Waals surface area contributed by atoms with Crippen molar-refractivity contribution in [1.29, 1.82) is 0 Å². The van der Waals surface area contributed by atoms with Crippen LogP contribution in [-0.2, 0) is 0 Å². The Morgan fingerprint density at radius 2 is 2.03 bits per heavy atom. The van der Waals surface area contributed by atoms with Gasteiger partial charge in [-0.05, 0) is 53.6 Å². The van der Waals surface area contributed by atoms with Crippen LogP contribution in [-0.4, -0.2) is 55.9 Å². The molecule has 4 N–H and O–H groups in total. The number of carbonyl (C=O) groups is 1. The number of fused-ring (bicyclic) bond motifs is 1. The fourth-order valence-electron chi connectivity index (χ4n) is 3.38. The Kier molecular flexibility index (Phi) is 5.37. The third-order valence-electron chi connectivity index (χ3n) is 5.15. The zero-order chi connectivity index (χ0) is 24.5. The number of amides is 1. The van der Waals surface area contributed by atoms with Gasteiger partial charge in [-0.3, -0.25) is 4.79 Å². The number of methoxy groups -OCH3 is 1. The molecule has 178 valence electrons. The zero-order valence-electron chi connectivity index (χ0n) is 18.4. The second-order valence-corrected chi connectivity index (χ2v) is 7.26. The summed E-state index contributed by atoms with van der Waals surface area (Å²) in [6, 6.07) is 9.78. The molecule has 14 heteroatoms. The molecule has 5 rings (SSSR count). The van der Waals surface area contributed by atoms with Crippen LogP contribution in [0, 0.1) is 0 Å². The summed E-state index contributed by atoms with van der Waals surface area (Å²) in [4.78, 5) is 13.1. The van der Waals surface area contributed by atoms with Crippen LogP contribution in [0.15, 0.2) is 46.1 Å². The van der Waals surface area contributed by atoms with E-state index in [1.807, 2.05) is 0 Å². The van der Waals surface area contributed by atoms with E-state index in [4.69, 9.17) is 19.9 Å². The van der Waals surface area contributed by atoms with Gasteiger partial charge < -0.3 is 25.1 Å². The molecule has 0 bridgehead atoms. The minimum Gasteiger partial charge on any atom is -0.504 e. The molecule has 1 aliphatic rings. The number of hydrogen-bond donors (Lipinski definition) is 3. The van der Waals surface area contributed by atoms with Crippen molar-refractivity contribution in [2.24, 2.45) is 5.10 Å². The first-order valence-electron chi connectivity index (χ1n) is 10.1. The van der Waals surface area contributed by atoms with E-state index in [0.717, 1.165) is 0 Å². The van der Waals surface area contributed by atoms with E-state index in [1.165, 1.54) is 17.9 Å². The molecule has 0 saturated heterocycles. The van der Waals surface area contributed by atoms with Crippen molar-refractivity contribution >= 4 is 17.4 Å². The topological polar surface area (TPSA) is 185 Å². The Bertz CT molecular complexity index is 1460. The quantitative estimate of drug-likeness (QED) is 0.269. The number of anilines is 1. The van der Waals surface area contributed by atoms with Gasteiger partial charge in [-0.15, -0.1) is 5.10 Å². The molecule has 0 aliphatic carbocycles. The van der Waals surface area contributed by atoms with E-state index in [1.54, 1.807) is 37.3 Å². The first-order chi connectivity index (χ1) is 17.0. The lowest BCUT2D eigenvalue weighted by Crippen LogP contribution is -2.21. The van der Waals surface area contributed by atoms with E-state index in [9.17, 15) is 9.90 Å². The molecule has 14 nitrogen and oxygen atoms in total. The molecule has 1 amide bonds. The maximum Gasteiger partial charge on any atom is 0.294 e. The highest BCUT2D eigenvalue weighted by Gasteiger charge is 2.27. The number of phenols is 1. The van der Waals surface area contributed by atoms with Crippen molar-refractivity contribution in [2.45, 2.75) is 6.92 Å². The first-order valence-corrected chi connectivity index (χ1v) is 10.1. The van der Waals surface area contributed by atoms with E-state index >= 15 is 0 Å². The highest BCUT2D eigenvalue weighted by molar-refractivity contribution is 6.02. The average molecular weight is 478 g/mol. The summed E-state index contributed by atoms with van der Waals surface area (Å²) >= 11 is 0. The van der Waals surface area contributed by atoms with Crippen molar-refractivity contribution in [1.82, 2.24) is 30.7 Å². The third-order valence-corrected chi connectivity index (χ3v) is 5.15. The number of benzene rings is 2. The van der Waals surface area contributed by atoms with Crippen molar-refractivity contribution in [3.63, 3.8) is 0 Å². The van der Waals surface area contributed by atoms with Crippen molar-refractivity contribution < 1.29 is 28.7 Å². The number of carbonyl (C=O) groups excluding carboxylic acids is 1. The normalized spacial score (nSPS) is 12.6. The van der Waals surface area contributed by atoms with Crippen LogP contribution >= 0.6 is 0 Å². The second kappa shape index (κ2) is 8.66. The maximum absolute atomic E-state index is 13.1. The molecule has 1 aliphatic heterocycles. The van der Waals surface area contributed by atoms with Gasteiger partial charge in [0, 0.05) is 11.1 Å². The summed E-state index contributed by atoms with van der Waals surface area (Å²) in [5.41, 5.74) is 10.1. The van der Waals surface area contributed by atoms with Crippen LogP contribution in [0.3, 0.4) is 0 Å². The number of nitrogens with one attached hydrogen (secondary N) is 1. The van der Waals surface area contributed by atoms with Crippen LogP contribution in [0.1, 0.15) is 23.0 Å². The molecule has 0 fully saturated rings. The molecule has 2 aromatic heterocycles. The van der Waals surface area contributed by atoms with E-state index in [-0.39, 0.29) is 41.3 Å². The standard InChI is InChI=1S/C21H18N8O6/c1-10(11-3-5-13(30)15(7-11)32-2)23-25-21(31)17-18(12-4-6-14-16(8-12)34-9-33-14)29(28-24-17)20-19(22)26-35-27-20/h3-8,30H,9H2,1-2H3,(H2,22,26)(H,25,31)/b23-10-. The van der Waals surface area contributed by atoms with Crippen molar-refractivity contribution in [3.05, 3.63) is 47.7 Å². The predicted molar refractivity (Wildman–Crippen MR) is 120 cm³/mol. The smallest absolute Gasteiger partial charge is 0.294 e. The molecule has 0 radical (unpaired) electrons. The monoisotopic (exact) mass is 478 g/mol. The van der Waals surface area contributed by atoms with E-state index < -0.39 is 5.91 Å². The second-order valence-electron chi connectivity index (χ2n) is 7.26. The highest BCUT2D eigenvalue weighted by atomic mass is 16.7. The summed E-state index contributed by atoms with van der Waals surface area (Å²) in [5.74, 6) is 0.673. The number of aromatic nitrogens is 5. The third kappa shape index (κ3) is 3.92. The van der Waals surface area contributed by atoms with Crippen LogP contribution < -0.4 is 25.4 Å². The number of aromatic hydroxyl groups is 1. The SMILES string of the molecule is COc1cc(/C(C)=N\NC(=O)c2nnn(-c3nonc3N)c2-c2ccc3c(c2)OCO3)ccc1O. The van der Waals surface area contributed by atoms with Gasteiger partial charge in [0.1, 0.15) is 5.69 Å². The number of hydrazone groups is 1. The molecule has 4 aromatic rings. The highest BCUT2D eigenvalue weighted by Crippen LogP contribution is 2.37. The fourth-order valence-corrected chi connectivity index (χ4v) is 3.38. The summed E-state index contributed by atoms with van der Waals surface area (Å²) in [6.45, 7) is 1.77. The Hall–Kier alpha value is -5.14. The summed E-state index contributed by atoms with van der Waals surface area (Å²) in [5, 5.41) is 29.3. The number of nitrogens with two attached hydrogens (primary N) is 1. The minimum absolute atomic E-state index is 0.0142. The number of nitrogen functional groups attached to an aromatic ring is 1. The molecule has 35 heavy (non-hydrogen) atoms. The first kappa shape index (κ1) is 21.7. The molecule has 0 saturated carbocycles. The van der Waals surface area contributed by atoms with E-state index in [0.29, 0.717) is 28.3 Å². The molecule has 0 spiro atoms. The van der Waals surface area contributed by atoms with Gasteiger partial charge in [0.25, 0.3) is 5.91 Å². The summed E-state index contributed by atoms with van der Waals surface area (Å²) in [6.07, 6.45) is 0. The summed E-state index contributed by atoms with van der Waals surface area (Å²) < 4.78 is 21.8. The fraction of sp³-hybridized carbons (Fsp3) is 0.143. The van der Waals surface area contributed by atoms with E-state index in [2.05, 4.69) is 35.8 Å². The van der Waals surface area contributed by atoms with Crippen LogP contribution in [0.4, 0.5) is 5.82 Å². The molecule has 0 unspecified atom stereocenters. The molecule has 2 aromatic carbocycles. The minimum atomic E-state index is -0.649. The van der Waals surface area contributed by atoms with Gasteiger partial charge in [-0.2, -0.15) is 9.78 Å². The predicted octanol–water partition coefficient (Wildman–Crippen LogP) is 1.50. The lowest BCUT2D eigenvalue weighted by atomic mass is 10.1. The Balaban J connectivity index is 1.51. The van der Waals surface area contributed by atoms with Gasteiger partial charge in [-0.25, -0.2) is 10.1 Å². The zero-order valence-corrected chi connectivity index (χ0v) is 18.4. The van der Waals surface area contributed by atoms with Crippen LogP contribution in [0.25, 0.3) is 17.1 Å². The average Bonchev–Trinajstić information content (AvgIpc) is 3.61. The number of hydrogen-bond acceptors (Lipinski definition) is 12. The van der Waals surface area contributed by atoms with Gasteiger partial charge in [0.15, 0.2) is 28.7 Å². The molecule has 3 heterocycles. The van der Waals surface area contributed by atoms with Crippen molar-refractivity contribution in [2.75, 3.05) is 19.6 Å². The number of ether oxygens (including phenoxy) is 3. The summed E-state index contributed by atoms with van der Waals surface area (Å²) in [7, 11) is 1.44. The number of nitrogens with zero attached hydrogens (tertiary/aromatic N) is 6. The van der Waals surface area contributed by atoms with Crippen LogP contribution in [0.2, 0.25) is 0 Å². The van der Waals surface area contributed by atoms with Crippen LogP contribution in [0.5, 0.6) is 23.0 Å². The lowest BCUT2D eigenvalue weighted by Gasteiger charge is -2.08. The van der Waals surface area contributed by atoms with Gasteiger partial charge >= 0.3 is 0 Å². The Morgan fingerprint density at radius 3 is 2.80 bits per heavy atom. The molecule has 0 atom stereocenters. The largest absolute Gasteiger partial charge is 0.504 e.